The first-order chi connectivity index (χ1) is 4.16. The van der Waals surface area contributed by atoms with E-state index in [1.54, 1.807) is 0 Å². The summed E-state index contributed by atoms with van der Waals surface area (Å²) in [6.45, 7) is 11.2. The lowest BCUT2D eigenvalue weighted by atomic mass is 10.1. The summed E-state index contributed by atoms with van der Waals surface area (Å²) in [5.41, 5.74) is 1.25. The van der Waals surface area contributed by atoms with Crippen LogP contribution in [0.4, 0.5) is 0 Å². The van der Waals surface area contributed by atoms with Gasteiger partial charge in [0.1, 0.15) is 0 Å². The summed E-state index contributed by atoms with van der Waals surface area (Å²) in [4.78, 5) is 0. The van der Waals surface area contributed by atoms with Gasteiger partial charge in [-0.2, -0.15) is 0 Å². The Balaban J connectivity index is 0. The number of hydrogen-bond acceptors (Lipinski definition) is 1. The molecule has 1 N–H and O–H groups in total. The highest BCUT2D eigenvalue weighted by molar-refractivity contribution is 4.91. The fraction of sp³-hybridized carbons (Fsp3) is 0.778. The molecule has 1 heteroatoms. The van der Waals surface area contributed by atoms with E-state index >= 15 is 0 Å². The molecule has 0 spiro atoms. The Morgan fingerprint density at radius 2 is 2.10 bits per heavy atom. The van der Waals surface area contributed by atoms with Crippen molar-refractivity contribution >= 4 is 0 Å². The predicted molar refractivity (Wildman–Crippen MR) is 49.3 cm³/mol. The maximum absolute atomic E-state index is 3.84. The van der Waals surface area contributed by atoms with Crippen LogP contribution in [0.25, 0.3) is 0 Å². The number of hydrogen-bond donors (Lipinski definition) is 1. The molecule has 0 amide bonds. The van der Waals surface area contributed by atoms with E-state index in [0.29, 0.717) is 6.04 Å². The van der Waals surface area contributed by atoms with Crippen molar-refractivity contribution in [3.05, 3.63) is 12.2 Å². The van der Waals surface area contributed by atoms with Crippen molar-refractivity contribution in [1.82, 2.24) is 5.32 Å². The molecule has 0 bridgehead atoms. The van der Waals surface area contributed by atoms with Crippen LogP contribution in [0.15, 0.2) is 12.2 Å². The van der Waals surface area contributed by atoms with E-state index in [-0.39, 0.29) is 7.43 Å². The molecule has 0 saturated heterocycles. The lowest BCUT2D eigenvalue weighted by Gasteiger charge is -2.10. The van der Waals surface area contributed by atoms with Crippen LogP contribution in [0.3, 0.4) is 0 Å². The maximum Gasteiger partial charge on any atom is 0.00755 e. The van der Waals surface area contributed by atoms with Gasteiger partial charge in [0.05, 0.1) is 0 Å². The largest absolute Gasteiger partial charge is 0.314 e. The van der Waals surface area contributed by atoms with Gasteiger partial charge in [-0.05, 0) is 26.8 Å². The SMILES string of the molecule is C.C=C(C)CC(C)NCC. The van der Waals surface area contributed by atoms with Crippen molar-refractivity contribution in [2.45, 2.75) is 40.7 Å². The van der Waals surface area contributed by atoms with Crippen LogP contribution in [0, 0.1) is 0 Å². The van der Waals surface area contributed by atoms with Crippen LogP contribution in [-0.4, -0.2) is 12.6 Å². The van der Waals surface area contributed by atoms with Crippen molar-refractivity contribution in [2.24, 2.45) is 0 Å². The summed E-state index contributed by atoms with van der Waals surface area (Å²) >= 11 is 0. The van der Waals surface area contributed by atoms with E-state index in [2.05, 4.69) is 32.7 Å². The lowest BCUT2D eigenvalue weighted by molar-refractivity contribution is 0.564. The van der Waals surface area contributed by atoms with E-state index < -0.39 is 0 Å². The molecule has 0 aliphatic rings. The molecule has 0 aromatic carbocycles. The third-order valence-corrected chi connectivity index (χ3v) is 1.21. The summed E-state index contributed by atoms with van der Waals surface area (Å²) in [7, 11) is 0. The third kappa shape index (κ3) is 7.70. The van der Waals surface area contributed by atoms with Crippen molar-refractivity contribution < 1.29 is 0 Å². The molecule has 10 heavy (non-hydrogen) atoms. The molecule has 0 aliphatic heterocycles. The summed E-state index contributed by atoms with van der Waals surface area (Å²) in [6, 6.07) is 0.590. The zero-order valence-electron chi connectivity index (χ0n) is 6.70. The first-order valence-electron chi connectivity index (χ1n) is 3.54. The van der Waals surface area contributed by atoms with Gasteiger partial charge in [0.25, 0.3) is 0 Å². The second kappa shape index (κ2) is 6.81. The minimum absolute atomic E-state index is 0. The predicted octanol–water partition coefficient (Wildman–Crippen LogP) is 2.59. The monoisotopic (exact) mass is 143 g/mol. The van der Waals surface area contributed by atoms with Crippen molar-refractivity contribution in [2.75, 3.05) is 6.54 Å². The Morgan fingerprint density at radius 1 is 1.60 bits per heavy atom. The lowest BCUT2D eigenvalue weighted by Crippen LogP contribution is -2.25. The first kappa shape index (κ1) is 12.4. The van der Waals surface area contributed by atoms with Crippen LogP contribution in [0.2, 0.25) is 0 Å². The average Bonchev–Trinajstić information content (AvgIpc) is 1.63. The number of nitrogens with one attached hydrogen (secondary N) is 1. The van der Waals surface area contributed by atoms with Gasteiger partial charge in [0.15, 0.2) is 0 Å². The molecule has 62 valence electrons. The minimum Gasteiger partial charge on any atom is -0.314 e. The zero-order chi connectivity index (χ0) is 7.28. The average molecular weight is 143 g/mol. The second-order valence-electron chi connectivity index (χ2n) is 2.62. The van der Waals surface area contributed by atoms with Crippen LogP contribution in [0.1, 0.15) is 34.6 Å². The van der Waals surface area contributed by atoms with Gasteiger partial charge in [-0.15, -0.1) is 6.58 Å². The molecular weight excluding hydrogens is 122 g/mol. The molecule has 0 heterocycles. The highest BCUT2D eigenvalue weighted by atomic mass is 14.9. The first-order valence-corrected chi connectivity index (χ1v) is 3.54. The van der Waals surface area contributed by atoms with E-state index in [4.69, 9.17) is 0 Å². The fourth-order valence-corrected chi connectivity index (χ4v) is 0.943. The second-order valence-corrected chi connectivity index (χ2v) is 2.62. The van der Waals surface area contributed by atoms with Gasteiger partial charge in [-0.1, -0.05) is 19.9 Å². The summed E-state index contributed by atoms with van der Waals surface area (Å²) < 4.78 is 0. The van der Waals surface area contributed by atoms with Gasteiger partial charge in [-0.25, -0.2) is 0 Å². The normalized spacial score (nSPS) is 11.9. The molecule has 1 nitrogen and oxygen atoms in total. The Bertz CT molecular complexity index is 86.7. The van der Waals surface area contributed by atoms with Gasteiger partial charge in [-0.3, -0.25) is 0 Å². The maximum atomic E-state index is 3.84. The van der Waals surface area contributed by atoms with Crippen molar-refractivity contribution in [3.8, 4) is 0 Å². The Kier molecular flexibility index (Phi) is 8.44. The fourth-order valence-electron chi connectivity index (χ4n) is 0.943. The Morgan fingerprint density at radius 3 is 2.40 bits per heavy atom. The van der Waals surface area contributed by atoms with Gasteiger partial charge in [0.2, 0.25) is 0 Å². The van der Waals surface area contributed by atoms with E-state index in [0.717, 1.165) is 13.0 Å². The van der Waals surface area contributed by atoms with Gasteiger partial charge >= 0.3 is 0 Å². The molecule has 0 aromatic rings. The number of rotatable bonds is 4. The van der Waals surface area contributed by atoms with E-state index in [1.165, 1.54) is 5.57 Å². The van der Waals surface area contributed by atoms with E-state index in [9.17, 15) is 0 Å². The van der Waals surface area contributed by atoms with Gasteiger partial charge < -0.3 is 5.32 Å². The Hall–Kier alpha value is -0.300. The summed E-state index contributed by atoms with van der Waals surface area (Å²) in [5, 5.41) is 3.32. The van der Waals surface area contributed by atoms with Crippen molar-refractivity contribution in [3.63, 3.8) is 0 Å². The molecular formula is C9H21N. The Labute approximate surface area is 65.5 Å². The van der Waals surface area contributed by atoms with Crippen LogP contribution < -0.4 is 5.32 Å². The summed E-state index contributed by atoms with van der Waals surface area (Å²) in [5.74, 6) is 0. The molecule has 0 aromatic heterocycles. The molecule has 0 rings (SSSR count). The molecule has 1 unspecified atom stereocenters. The highest BCUT2D eigenvalue weighted by Crippen LogP contribution is 1.99. The molecule has 0 radical (unpaired) electrons. The summed E-state index contributed by atoms with van der Waals surface area (Å²) in [6.07, 6.45) is 1.09. The van der Waals surface area contributed by atoms with E-state index in [1.807, 2.05) is 0 Å². The van der Waals surface area contributed by atoms with Crippen molar-refractivity contribution in [1.29, 1.82) is 0 Å². The standard InChI is InChI=1S/C8H17N.CH4/c1-5-9-8(4)6-7(2)3;/h8-9H,2,5-6H2,1,3-4H3;1H4. The zero-order valence-corrected chi connectivity index (χ0v) is 6.70. The smallest absolute Gasteiger partial charge is 0.00755 e. The van der Waals surface area contributed by atoms with Crippen LogP contribution in [0.5, 0.6) is 0 Å². The van der Waals surface area contributed by atoms with Gasteiger partial charge in [0, 0.05) is 6.04 Å². The third-order valence-electron chi connectivity index (χ3n) is 1.21. The molecule has 0 saturated carbocycles. The highest BCUT2D eigenvalue weighted by Gasteiger charge is 1.96. The minimum atomic E-state index is 0. The quantitative estimate of drug-likeness (QED) is 0.596. The molecule has 0 fully saturated rings. The van der Waals surface area contributed by atoms with Crippen LogP contribution in [-0.2, 0) is 0 Å². The molecule has 1 atom stereocenters. The topological polar surface area (TPSA) is 12.0 Å². The van der Waals surface area contributed by atoms with Crippen LogP contribution >= 0.6 is 0 Å². The molecule has 0 aliphatic carbocycles.